The number of aromatic nitrogens is 1. The van der Waals surface area contributed by atoms with Crippen molar-refractivity contribution in [1.82, 2.24) is 4.57 Å². The highest BCUT2D eigenvalue weighted by atomic mass is 35.5. The van der Waals surface area contributed by atoms with E-state index in [9.17, 15) is 9.59 Å². The standard InChI is InChI=1S/C25H21ClN2O5S/c1-3-31-24(30)21-14(2)27-25-28(22(21)16-5-7-17(26)8-6-16)23(29)20(34-25)13-15-4-9-18-19(12-15)33-11-10-32-18/h4-9,12-13,22H,3,10-11H2,1-2H3/b20-13-/t22-/m1/s1. The largest absolute Gasteiger partial charge is 0.486 e. The zero-order valence-electron chi connectivity index (χ0n) is 18.5. The van der Waals surface area contributed by atoms with Gasteiger partial charge < -0.3 is 14.2 Å². The molecule has 0 saturated carbocycles. The lowest BCUT2D eigenvalue weighted by Gasteiger charge is -2.24. The average Bonchev–Trinajstić information content (AvgIpc) is 3.13. The van der Waals surface area contributed by atoms with Crippen molar-refractivity contribution in [2.24, 2.45) is 4.99 Å². The fourth-order valence-electron chi connectivity index (χ4n) is 4.05. The van der Waals surface area contributed by atoms with Crippen LogP contribution in [0.4, 0.5) is 0 Å². The number of rotatable bonds is 4. The van der Waals surface area contributed by atoms with Crippen molar-refractivity contribution >= 4 is 35.0 Å². The lowest BCUT2D eigenvalue weighted by Crippen LogP contribution is -2.39. The van der Waals surface area contributed by atoms with Crippen molar-refractivity contribution in [3.8, 4) is 11.5 Å². The van der Waals surface area contributed by atoms with Crippen LogP contribution < -0.4 is 24.4 Å². The first-order valence-electron chi connectivity index (χ1n) is 10.8. The number of thiazole rings is 1. The fraction of sp³-hybridized carbons (Fsp3) is 0.240. The molecule has 0 bridgehead atoms. The van der Waals surface area contributed by atoms with E-state index in [-0.39, 0.29) is 12.2 Å². The van der Waals surface area contributed by atoms with Crippen LogP contribution in [0.1, 0.15) is 31.0 Å². The van der Waals surface area contributed by atoms with Crippen molar-refractivity contribution in [1.29, 1.82) is 0 Å². The predicted octanol–water partition coefficient (Wildman–Crippen LogP) is 3.22. The summed E-state index contributed by atoms with van der Waals surface area (Å²) < 4.78 is 18.6. The molecule has 2 aliphatic rings. The second-order valence-electron chi connectivity index (χ2n) is 7.76. The zero-order valence-corrected chi connectivity index (χ0v) is 20.1. The Kier molecular flexibility index (Phi) is 6.02. The summed E-state index contributed by atoms with van der Waals surface area (Å²) in [6.07, 6.45) is 1.80. The topological polar surface area (TPSA) is 79.1 Å². The second-order valence-corrected chi connectivity index (χ2v) is 9.20. The minimum atomic E-state index is -0.671. The van der Waals surface area contributed by atoms with Crippen LogP contribution >= 0.6 is 22.9 Å². The number of carbonyl (C=O) groups is 1. The summed E-state index contributed by atoms with van der Waals surface area (Å²) in [7, 11) is 0. The molecule has 9 heteroatoms. The molecule has 2 aliphatic heterocycles. The SMILES string of the molecule is CCOC(=O)C1=C(C)N=c2s/c(=C\c3ccc4c(c3)OCCO4)c(=O)n2[C@@H]1c1ccc(Cl)cc1. The van der Waals surface area contributed by atoms with Gasteiger partial charge in [0.2, 0.25) is 0 Å². The van der Waals surface area contributed by atoms with E-state index >= 15 is 0 Å². The van der Waals surface area contributed by atoms with Gasteiger partial charge in [-0.1, -0.05) is 41.1 Å². The number of benzene rings is 2. The Morgan fingerprint density at radius 1 is 1.21 bits per heavy atom. The van der Waals surface area contributed by atoms with Crippen LogP contribution in [0.25, 0.3) is 6.08 Å². The minimum Gasteiger partial charge on any atom is -0.486 e. The van der Waals surface area contributed by atoms with Gasteiger partial charge in [-0.15, -0.1) is 0 Å². The predicted molar refractivity (Wildman–Crippen MR) is 129 cm³/mol. The fourth-order valence-corrected chi connectivity index (χ4v) is 5.23. The van der Waals surface area contributed by atoms with E-state index in [2.05, 4.69) is 4.99 Å². The molecule has 0 unspecified atom stereocenters. The second kappa shape index (κ2) is 9.12. The molecule has 174 valence electrons. The molecule has 2 aromatic carbocycles. The van der Waals surface area contributed by atoms with Gasteiger partial charge in [0.25, 0.3) is 5.56 Å². The normalized spacial score (nSPS) is 17.3. The molecular formula is C25H21ClN2O5S. The highest BCUT2D eigenvalue weighted by Crippen LogP contribution is 2.32. The number of allylic oxidation sites excluding steroid dienone is 1. The van der Waals surface area contributed by atoms with Crippen LogP contribution in [-0.2, 0) is 9.53 Å². The van der Waals surface area contributed by atoms with Crippen molar-refractivity contribution in [3.05, 3.63) is 89.6 Å². The molecule has 0 N–H and O–H groups in total. The number of carbonyl (C=O) groups excluding carboxylic acids is 1. The molecule has 0 saturated heterocycles. The number of fused-ring (bicyclic) bond motifs is 2. The zero-order chi connectivity index (χ0) is 23.8. The molecule has 7 nitrogen and oxygen atoms in total. The Labute approximate surface area is 204 Å². The lowest BCUT2D eigenvalue weighted by atomic mass is 9.96. The van der Waals surface area contributed by atoms with E-state index in [4.69, 9.17) is 25.8 Å². The van der Waals surface area contributed by atoms with E-state index in [0.717, 1.165) is 11.1 Å². The molecule has 0 fully saturated rings. The smallest absolute Gasteiger partial charge is 0.338 e. The molecule has 5 rings (SSSR count). The summed E-state index contributed by atoms with van der Waals surface area (Å²) >= 11 is 7.36. The van der Waals surface area contributed by atoms with Gasteiger partial charge in [-0.05, 0) is 55.3 Å². The first kappa shape index (κ1) is 22.4. The number of hydrogen-bond acceptors (Lipinski definition) is 7. The molecule has 1 atom stereocenters. The van der Waals surface area contributed by atoms with Crippen molar-refractivity contribution in [3.63, 3.8) is 0 Å². The Bertz CT molecular complexity index is 1490. The molecule has 3 aromatic rings. The Morgan fingerprint density at radius 2 is 1.94 bits per heavy atom. The maximum Gasteiger partial charge on any atom is 0.338 e. The maximum absolute atomic E-state index is 13.6. The molecule has 0 amide bonds. The quantitative estimate of drug-likeness (QED) is 0.518. The van der Waals surface area contributed by atoms with Gasteiger partial charge in [0.15, 0.2) is 16.3 Å². The lowest BCUT2D eigenvalue weighted by molar-refractivity contribution is -0.139. The van der Waals surface area contributed by atoms with Crippen LogP contribution in [-0.4, -0.2) is 30.4 Å². The van der Waals surface area contributed by atoms with Gasteiger partial charge >= 0.3 is 5.97 Å². The van der Waals surface area contributed by atoms with E-state index in [1.807, 2.05) is 30.3 Å². The van der Waals surface area contributed by atoms with Gasteiger partial charge in [-0.2, -0.15) is 0 Å². The van der Waals surface area contributed by atoms with Crippen molar-refractivity contribution in [2.45, 2.75) is 19.9 Å². The number of ether oxygens (including phenoxy) is 3. The van der Waals surface area contributed by atoms with E-state index < -0.39 is 12.0 Å². The van der Waals surface area contributed by atoms with E-state index in [1.54, 1.807) is 36.6 Å². The van der Waals surface area contributed by atoms with E-state index in [0.29, 0.717) is 50.3 Å². The van der Waals surface area contributed by atoms with Crippen LogP contribution in [0.3, 0.4) is 0 Å². The van der Waals surface area contributed by atoms with Crippen LogP contribution in [0.15, 0.2) is 63.5 Å². The van der Waals surface area contributed by atoms with Crippen molar-refractivity contribution < 1.29 is 19.0 Å². The number of hydrogen-bond donors (Lipinski definition) is 0. The third-order valence-corrected chi connectivity index (χ3v) is 6.80. The Morgan fingerprint density at radius 3 is 2.68 bits per heavy atom. The summed E-state index contributed by atoms with van der Waals surface area (Å²) in [5.74, 6) is 0.833. The number of nitrogens with zero attached hydrogens (tertiary/aromatic N) is 2. The number of halogens is 1. The summed E-state index contributed by atoms with van der Waals surface area (Å²) in [5.41, 5.74) is 2.16. The number of esters is 1. The molecular weight excluding hydrogens is 476 g/mol. The summed E-state index contributed by atoms with van der Waals surface area (Å²) in [6.45, 7) is 4.71. The molecule has 3 heterocycles. The van der Waals surface area contributed by atoms with Gasteiger partial charge in [-0.3, -0.25) is 9.36 Å². The highest BCUT2D eigenvalue weighted by Gasteiger charge is 2.33. The highest BCUT2D eigenvalue weighted by molar-refractivity contribution is 7.07. The summed E-state index contributed by atoms with van der Waals surface area (Å²) in [6, 6.07) is 12.0. The molecule has 0 radical (unpaired) electrons. The molecule has 1 aromatic heterocycles. The van der Waals surface area contributed by atoms with Crippen LogP contribution in [0.2, 0.25) is 5.02 Å². The van der Waals surface area contributed by atoms with Gasteiger partial charge in [0, 0.05) is 5.02 Å². The first-order chi connectivity index (χ1) is 16.5. The summed E-state index contributed by atoms with van der Waals surface area (Å²) in [4.78, 5) is 31.6. The summed E-state index contributed by atoms with van der Waals surface area (Å²) in [5, 5.41) is 0.563. The monoisotopic (exact) mass is 496 g/mol. The first-order valence-corrected chi connectivity index (χ1v) is 12.0. The third kappa shape index (κ3) is 4.03. The molecule has 34 heavy (non-hydrogen) atoms. The van der Waals surface area contributed by atoms with Gasteiger partial charge in [0.1, 0.15) is 13.2 Å². The van der Waals surface area contributed by atoms with Gasteiger partial charge in [0.05, 0.1) is 28.5 Å². The third-order valence-electron chi connectivity index (χ3n) is 5.57. The van der Waals surface area contributed by atoms with Gasteiger partial charge in [-0.25, -0.2) is 9.79 Å². The Balaban J connectivity index is 1.67. The minimum absolute atomic E-state index is 0.220. The molecule has 0 aliphatic carbocycles. The molecule has 0 spiro atoms. The Hall–Kier alpha value is -3.36. The maximum atomic E-state index is 13.6. The van der Waals surface area contributed by atoms with Crippen LogP contribution in [0, 0.1) is 0 Å². The van der Waals surface area contributed by atoms with Crippen LogP contribution in [0.5, 0.6) is 11.5 Å². The van der Waals surface area contributed by atoms with Crippen molar-refractivity contribution in [2.75, 3.05) is 19.8 Å². The average molecular weight is 497 g/mol. The van der Waals surface area contributed by atoms with E-state index in [1.165, 1.54) is 11.3 Å².